The lowest BCUT2D eigenvalue weighted by Gasteiger charge is -2.17. The van der Waals surface area contributed by atoms with Gasteiger partial charge in [0, 0.05) is 10.9 Å². The minimum absolute atomic E-state index is 0.00183. The Bertz CT molecular complexity index is 625. The molecule has 0 saturated carbocycles. The molecule has 0 aromatic heterocycles. The van der Waals surface area contributed by atoms with Crippen LogP contribution in [0, 0.1) is 0 Å². The number of aryl methyl sites for hydroxylation is 1. The summed E-state index contributed by atoms with van der Waals surface area (Å²) in [7, 11) is 0. The van der Waals surface area contributed by atoms with Crippen LogP contribution in [-0.2, 0) is 11.2 Å². The fourth-order valence-electron chi connectivity index (χ4n) is 2.35. The van der Waals surface area contributed by atoms with E-state index in [2.05, 4.69) is 28.2 Å². The van der Waals surface area contributed by atoms with Gasteiger partial charge in [0.15, 0.2) is 0 Å². The number of halogens is 1. The average molecular weight is 362 g/mol. The number of carbonyl (C=O) groups is 1. The van der Waals surface area contributed by atoms with E-state index in [1.807, 2.05) is 36.4 Å². The Morgan fingerprint density at radius 3 is 2.50 bits per heavy atom. The molecule has 3 nitrogen and oxygen atoms in total. The number of hydrogen-bond donors (Lipinski definition) is 2. The van der Waals surface area contributed by atoms with Gasteiger partial charge in [0.2, 0.25) is 5.91 Å². The smallest absolute Gasteiger partial charge is 0.220 e. The van der Waals surface area contributed by atoms with E-state index in [-0.39, 0.29) is 17.7 Å². The molecule has 116 valence electrons. The molecule has 2 N–H and O–H groups in total. The van der Waals surface area contributed by atoms with Gasteiger partial charge in [0.25, 0.3) is 0 Å². The van der Waals surface area contributed by atoms with Gasteiger partial charge in [-0.3, -0.25) is 4.79 Å². The minimum Gasteiger partial charge on any atom is -0.508 e. The summed E-state index contributed by atoms with van der Waals surface area (Å²) in [6.07, 6.45) is 1.74. The first-order chi connectivity index (χ1) is 10.6. The van der Waals surface area contributed by atoms with E-state index in [4.69, 9.17) is 0 Å². The fraction of sp³-hybridized carbons (Fsp3) is 0.278. The van der Waals surface area contributed by atoms with E-state index < -0.39 is 0 Å². The SMILES string of the molecule is CC[C@H](NC(=O)CCc1ccccc1O)c1ccc(Br)cc1. The molecule has 0 radical (unpaired) electrons. The highest BCUT2D eigenvalue weighted by atomic mass is 79.9. The molecule has 4 heteroatoms. The Morgan fingerprint density at radius 1 is 1.18 bits per heavy atom. The summed E-state index contributed by atoms with van der Waals surface area (Å²) in [5.41, 5.74) is 1.90. The number of para-hydroxylation sites is 1. The van der Waals surface area contributed by atoms with Crippen LogP contribution in [0.15, 0.2) is 53.0 Å². The highest BCUT2D eigenvalue weighted by molar-refractivity contribution is 9.10. The predicted molar refractivity (Wildman–Crippen MR) is 91.7 cm³/mol. The van der Waals surface area contributed by atoms with Gasteiger partial charge in [0.1, 0.15) is 5.75 Å². The van der Waals surface area contributed by atoms with Crippen molar-refractivity contribution in [2.24, 2.45) is 0 Å². The van der Waals surface area contributed by atoms with Crippen LogP contribution < -0.4 is 5.32 Å². The number of rotatable bonds is 6. The lowest BCUT2D eigenvalue weighted by atomic mass is 10.0. The number of carbonyl (C=O) groups excluding carboxylic acids is 1. The Balaban J connectivity index is 1.92. The van der Waals surface area contributed by atoms with Gasteiger partial charge in [0.05, 0.1) is 6.04 Å². The standard InChI is InChI=1S/C18H20BrNO2/c1-2-16(13-7-10-15(19)11-8-13)20-18(22)12-9-14-5-3-4-6-17(14)21/h3-8,10-11,16,21H,2,9,12H2,1H3,(H,20,22)/t16-/m0/s1. The lowest BCUT2D eigenvalue weighted by molar-refractivity contribution is -0.121. The van der Waals surface area contributed by atoms with Crippen LogP contribution in [0.1, 0.15) is 36.9 Å². The molecule has 2 aromatic carbocycles. The van der Waals surface area contributed by atoms with Crippen LogP contribution in [0.2, 0.25) is 0 Å². The van der Waals surface area contributed by atoms with Crippen molar-refractivity contribution in [1.82, 2.24) is 5.32 Å². The quantitative estimate of drug-likeness (QED) is 0.803. The summed E-state index contributed by atoms with van der Waals surface area (Å²) in [6, 6.07) is 15.1. The molecule has 1 amide bonds. The van der Waals surface area contributed by atoms with Gasteiger partial charge in [-0.05, 0) is 42.2 Å². The number of phenolic OH excluding ortho intramolecular Hbond substituents is 1. The predicted octanol–water partition coefficient (Wildman–Crippen LogP) is 4.35. The molecule has 1 atom stereocenters. The molecule has 22 heavy (non-hydrogen) atoms. The Kier molecular flexibility index (Phi) is 6.01. The molecule has 2 rings (SSSR count). The van der Waals surface area contributed by atoms with E-state index in [1.165, 1.54) is 0 Å². The Hall–Kier alpha value is -1.81. The summed E-state index contributed by atoms with van der Waals surface area (Å²) in [6.45, 7) is 2.05. The Morgan fingerprint density at radius 2 is 1.86 bits per heavy atom. The van der Waals surface area contributed by atoms with Crippen molar-refractivity contribution in [3.63, 3.8) is 0 Å². The zero-order valence-corrected chi connectivity index (χ0v) is 14.1. The molecule has 0 saturated heterocycles. The van der Waals surface area contributed by atoms with Crippen LogP contribution >= 0.6 is 15.9 Å². The highest BCUT2D eigenvalue weighted by Crippen LogP contribution is 2.20. The molecule has 0 aliphatic heterocycles. The molecule has 2 aromatic rings. The lowest BCUT2D eigenvalue weighted by Crippen LogP contribution is -2.28. The van der Waals surface area contributed by atoms with Crippen molar-refractivity contribution in [3.05, 3.63) is 64.1 Å². The first kappa shape index (κ1) is 16.6. The van der Waals surface area contributed by atoms with Gasteiger partial charge in [-0.2, -0.15) is 0 Å². The van der Waals surface area contributed by atoms with E-state index in [0.29, 0.717) is 12.8 Å². The summed E-state index contributed by atoms with van der Waals surface area (Å²) >= 11 is 3.41. The van der Waals surface area contributed by atoms with Gasteiger partial charge in [-0.1, -0.05) is 53.2 Å². The molecule has 0 fully saturated rings. The molecule has 0 aliphatic rings. The van der Waals surface area contributed by atoms with Crippen LogP contribution in [0.3, 0.4) is 0 Å². The van der Waals surface area contributed by atoms with Crippen LogP contribution in [0.4, 0.5) is 0 Å². The number of amides is 1. The first-order valence-corrected chi connectivity index (χ1v) is 8.21. The van der Waals surface area contributed by atoms with Crippen LogP contribution in [0.5, 0.6) is 5.75 Å². The molecule has 0 unspecified atom stereocenters. The van der Waals surface area contributed by atoms with E-state index in [9.17, 15) is 9.90 Å². The maximum absolute atomic E-state index is 12.1. The van der Waals surface area contributed by atoms with Crippen molar-refractivity contribution in [2.45, 2.75) is 32.2 Å². The first-order valence-electron chi connectivity index (χ1n) is 7.42. The highest BCUT2D eigenvalue weighted by Gasteiger charge is 2.13. The van der Waals surface area contributed by atoms with Gasteiger partial charge in [-0.15, -0.1) is 0 Å². The number of nitrogens with one attached hydrogen (secondary N) is 1. The summed E-state index contributed by atoms with van der Waals surface area (Å²) in [4.78, 5) is 12.1. The molecular weight excluding hydrogens is 342 g/mol. The second kappa shape index (κ2) is 7.99. The maximum atomic E-state index is 12.1. The minimum atomic E-state index is -0.00183. The maximum Gasteiger partial charge on any atom is 0.220 e. The number of phenols is 1. The third kappa shape index (κ3) is 4.60. The van der Waals surface area contributed by atoms with Crippen LogP contribution in [0.25, 0.3) is 0 Å². The van der Waals surface area contributed by atoms with E-state index in [1.54, 1.807) is 12.1 Å². The molecule has 0 bridgehead atoms. The monoisotopic (exact) mass is 361 g/mol. The van der Waals surface area contributed by atoms with Crippen LogP contribution in [-0.4, -0.2) is 11.0 Å². The van der Waals surface area contributed by atoms with Crippen molar-refractivity contribution >= 4 is 21.8 Å². The van der Waals surface area contributed by atoms with Crippen molar-refractivity contribution < 1.29 is 9.90 Å². The zero-order valence-electron chi connectivity index (χ0n) is 12.6. The average Bonchev–Trinajstić information content (AvgIpc) is 2.53. The summed E-state index contributed by atoms with van der Waals surface area (Å²) in [5.74, 6) is 0.244. The molecular formula is C18H20BrNO2. The molecule has 0 spiro atoms. The summed E-state index contributed by atoms with van der Waals surface area (Å²) in [5, 5.41) is 12.8. The van der Waals surface area contributed by atoms with Crippen molar-refractivity contribution in [3.8, 4) is 5.75 Å². The second-order valence-electron chi connectivity index (χ2n) is 5.21. The normalized spacial score (nSPS) is 11.9. The topological polar surface area (TPSA) is 49.3 Å². The third-order valence-electron chi connectivity index (χ3n) is 3.63. The van der Waals surface area contributed by atoms with E-state index >= 15 is 0 Å². The molecule has 0 heterocycles. The van der Waals surface area contributed by atoms with Crippen molar-refractivity contribution in [1.29, 1.82) is 0 Å². The van der Waals surface area contributed by atoms with Gasteiger partial charge >= 0.3 is 0 Å². The second-order valence-corrected chi connectivity index (χ2v) is 6.12. The number of benzene rings is 2. The third-order valence-corrected chi connectivity index (χ3v) is 4.16. The number of hydrogen-bond acceptors (Lipinski definition) is 2. The molecule has 0 aliphatic carbocycles. The largest absolute Gasteiger partial charge is 0.508 e. The summed E-state index contributed by atoms with van der Waals surface area (Å²) < 4.78 is 1.02. The Labute approximate surface area is 139 Å². The van der Waals surface area contributed by atoms with E-state index in [0.717, 1.165) is 22.0 Å². The van der Waals surface area contributed by atoms with Gasteiger partial charge in [-0.25, -0.2) is 0 Å². The van der Waals surface area contributed by atoms with Crippen molar-refractivity contribution in [2.75, 3.05) is 0 Å². The van der Waals surface area contributed by atoms with Gasteiger partial charge < -0.3 is 10.4 Å². The number of aromatic hydroxyl groups is 1. The fourth-order valence-corrected chi connectivity index (χ4v) is 2.62. The zero-order chi connectivity index (χ0) is 15.9.